The Balaban J connectivity index is 1.83. The van der Waals surface area contributed by atoms with Crippen molar-refractivity contribution in [2.75, 3.05) is 38.9 Å². The van der Waals surface area contributed by atoms with Crippen molar-refractivity contribution in [2.24, 2.45) is 0 Å². The highest BCUT2D eigenvalue weighted by molar-refractivity contribution is 7.91. The van der Waals surface area contributed by atoms with E-state index in [0.29, 0.717) is 17.7 Å². The molecule has 0 bridgehead atoms. The zero-order valence-electron chi connectivity index (χ0n) is 16.0. The lowest BCUT2D eigenvalue weighted by Gasteiger charge is -2.23. The predicted octanol–water partition coefficient (Wildman–Crippen LogP) is 0.465. The maximum absolute atomic E-state index is 12.1. The monoisotopic (exact) mass is 413 g/mol. The van der Waals surface area contributed by atoms with Crippen LogP contribution in [-0.2, 0) is 24.2 Å². The fourth-order valence-electron chi connectivity index (χ4n) is 2.71. The normalized spacial score (nSPS) is 17.6. The number of Topliss-reactive ketones (excluding diaryl/α,β-unsaturated/α-hetero) is 1. The Bertz CT molecular complexity index is 864. The number of hydrogen-bond acceptors (Lipinski definition) is 8. The van der Waals surface area contributed by atoms with Crippen LogP contribution in [0.5, 0.6) is 11.5 Å². The van der Waals surface area contributed by atoms with Gasteiger partial charge in [-0.15, -0.1) is 0 Å². The number of esters is 1. The molecule has 0 spiro atoms. The summed E-state index contributed by atoms with van der Waals surface area (Å²) >= 11 is 0. The summed E-state index contributed by atoms with van der Waals surface area (Å²) in [5, 5.41) is 0. The lowest BCUT2D eigenvalue weighted by Crippen LogP contribution is -2.40. The molecule has 1 unspecified atom stereocenters. The van der Waals surface area contributed by atoms with Gasteiger partial charge in [0.25, 0.3) is 5.91 Å². The fourth-order valence-corrected chi connectivity index (χ4v) is 4.49. The van der Waals surface area contributed by atoms with Gasteiger partial charge in [0.2, 0.25) is 0 Å². The summed E-state index contributed by atoms with van der Waals surface area (Å²) in [7, 11) is -0.224. The van der Waals surface area contributed by atoms with Gasteiger partial charge in [0.05, 0.1) is 18.6 Å². The first-order chi connectivity index (χ1) is 13.1. The minimum Gasteiger partial charge on any atom is -0.493 e. The quantitative estimate of drug-likeness (QED) is 0.446. The van der Waals surface area contributed by atoms with Crippen LogP contribution < -0.4 is 9.47 Å². The lowest BCUT2D eigenvalue weighted by atomic mass is 10.1. The van der Waals surface area contributed by atoms with Crippen molar-refractivity contribution in [3.05, 3.63) is 23.8 Å². The standard InChI is InChI=1S/C18H23NO8S/c1-12(20)13-4-5-15(16(8-13)25-3)26-10-18(22)27-9-17(21)19(2)14-6-7-28(23,24)11-14/h4-5,8,14H,6-7,9-11H2,1-3H3. The van der Waals surface area contributed by atoms with E-state index >= 15 is 0 Å². The second kappa shape index (κ2) is 9.05. The smallest absolute Gasteiger partial charge is 0.344 e. The van der Waals surface area contributed by atoms with Gasteiger partial charge < -0.3 is 19.1 Å². The largest absolute Gasteiger partial charge is 0.493 e. The van der Waals surface area contributed by atoms with Crippen LogP contribution in [0, 0.1) is 0 Å². The summed E-state index contributed by atoms with van der Waals surface area (Å²) < 4.78 is 38.3. The summed E-state index contributed by atoms with van der Waals surface area (Å²) in [6.45, 7) is 0.460. The summed E-state index contributed by atoms with van der Waals surface area (Å²) in [5.41, 5.74) is 0.439. The average Bonchev–Trinajstić information content (AvgIpc) is 3.03. The van der Waals surface area contributed by atoms with Crippen LogP contribution in [0.3, 0.4) is 0 Å². The van der Waals surface area contributed by atoms with Crippen LogP contribution in [0.4, 0.5) is 0 Å². The van der Waals surface area contributed by atoms with Gasteiger partial charge in [0, 0.05) is 18.7 Å². The summed E-state index contributed by atoms with van der Waals surface area (Å²) in [4.78, 5) is 36.6. The molecule has 1 aromatic rings. The van der Waals surface area contributed by atoms with Crippen molar-refractivity contribution in [1.29, 1.82) is 0 Å². The zero-order valence-corrected chi connectivity index (χ0v) is 16.8. The third-order valence-electron chi connectivity index (χ3n) is 4.42. The molecule has 2 rings (SSSR count). The first kappa shape index (κ1) is 21.7. The van der Waals surface area contributed by atoms with E-state index in [9.17, 15) is 22.8 Å². The molecule has 1 aromatic carbocycles. The van der Waals surface area contributed by atoms with Crippen LogP contribution in [0.1, 0.15) is 23.7 Å². The maximum atomic E-state index is 12.1. The number of ether oxygens (including phenoxy) is 3. The number of rotatable bonds is 8. The van der Waals surface area contributed by atoms with E-state index in [2.05, 4.69) is 0 Å². The van der Waals surface area contributed by atoms with E-state index in [4.69, 9.17) is 14.2 Å². The molecular formula is C18H23NO8S. The molecule has 0 saturated carbocycles. The van der Waals surface area contributed by atoms with Gasteiger partial charge in [-0.25, -0.2) is 13.2 Å². The molecule has 1 heterocycles. The maximum Gasteiger partial charge on any atom is 0.344 e. The van der Waals surface area contributed by atoms with Crippen molar-refractivity contribution < 1.29 is 37.0 Å². The number of likely N-dealkylation sites (N-methyl/N-ethyl adjacent to an activating group) is 1. The van der Waals surface area contributed by atoms with Gasteiger partial charge in [-0.3, -0.25) is 9.59 Å². The second-order valence-electron chi connectivity index (χ2n) is 6.43. The number of methoxy groups -OCH3 is 1. The summed E-state index contributed by atoms with van der Waals surface area (Å²) in [6, 6.07) is 4.13. The Kier molecular flexibility index (Phi) is 7.00. The molecular weight excluding hydrogens is 390 g/mol. The molecule has 0 aromatic heterocycles. The molecule has 1 aliphatic rings. The van der Waals surface area contributed by atoms with Crippen LogP contribution in [0.25, 0.3) is 0 Å². The Hall–Kier alpha value is -2.62. The molecule has 1 fully saturated rings. The number of amides is 1. The molecule has 28 heavy (non-hydrogen) atoms. The van der Waals surface area contributed by atoms with Crippen molar-refractivity contribution >= 4 is 27.5 Å². The van der Waals surface area contributed by atoms with E-state index in [0.717, 1.165) is 0 Å². The highest BCUT2D eigenvalue weighted by Gasteiger charge is 2.32. The summed E-state index contributed by atoms with van der Waals surface area (Å²) in [6.07, 6.45) is 0.373. The lowest BCUT2D eigenvalue weighted by molar-refractivity contribution is -0.153. The van der Waals surface area contributed by atoms with Crippen molar-refractivity contribution in [2.45, 2.75) is 19.4 Å². The van der Waals surface area contributed by atoms with E-state index < -0.39 is 41.0 Å². The molecule has 154 valence electrons. The molecule has 1 aliphatic heterocycles. The first-order valence-electron chi connectivity index (χ1n) is 8.56. The number of benzene rings is 1. The van der Waals surface area contributed by atoms with Gasteiger partial charge in [-0.05, 0) is 31.5 Å². The molecule has 1 amide bonds. The van der Waals surface area contributed by atoms with Gasteiger partial charge in [-0.2, -0.15) is 0 Å². The van der Waals surface area contributed by atoms with E-state index in [-0.39, 0.29) is 23.0 Å². The number of carbonyl (C=O) groups excluding carboxylic acids is 3. The second-order valence-corrected chi connectivity index (χ2v) is 8.66. The van der Waals surface area contributed by atoms with Crippen LogP contribution in [0.2, 0.25) is 0 Å². The minimum atomic E-state index is -3.11. The Labute approximate surface area is 163 Å². The SMILES string of the molecule is COc1cc(C(C)=O)ccc1OCC(=O)OCC(=O)N(C)C1CCS(=O)(=O)C1. The van der Waals surface area contributed by atoms with Gasteiger partial charge in [-0.1, -0.05) is 0 Å². The number of nitrogens with zero attached hydrogens (tertiary/aromatic N) is 1. The van der Waals surface area contributed by atoms with Crippen LogP contribution in [-0.4, -0.2) is 75.9 Å². The highest BCUT2D eigenvalue weighted by Crippen LogP contribution is 2.28. The zero-order chi connectivity index (χ0) is 20.9. The third-order valence-corrected chi connectivity index (χ3v) is 6.17. The average molecular weight is 413 g/mol. The van der Waals surface area contributed by atoms with E-state index in [1.807, 2.05) is 0 Å². The fraction of sp³-hybridized carbons (Fsp3) is 0.500. The number of carbonyl (C=O) groups is 3. The predicted molar refractivity (Wildman–Crippen MR) is 99.3 cm³/mol. The topological polar surface area (TPSA) is 116 Å². The van der Waals surface area contributed by atoms with Gasteiger partial charge in [0.15, 0.2) is 40.3 Å². The van der Waals surface area contributed by atoms with Gasteiger partial charge in [0.1, 0.15) is 0 Å². The Morgan fingerprint density at radius 2 is 1.89 bits per heavy atom. The Morgan fingerprint density at radius 1 is 1.18 bits per heavy atom. The van der Waals surface area contributed by atoms with Gasteiger partial charge >= 0.3 is 5.97 Å². The van der Waals surface area contributed by atoms with E-state index in [1.54, 1.807) is 6.07 Å². The number of sulfone groups is 1. The van der Waals surface area contributed by atoms with Crippen molar-refractivity contribution in [3.8, 4) is 11.5 Å². The molecule has 1 saturated heterocycles. The van der Waals surface area contributed by atoms with Crippen LogP contribution in [0.15, 0.2) is 18.2 Å². The molecule has 0 N–H and O–H groups in total. The molecule has 0 radical (unpaired) electrons. The minimum absolute atomic E-state index is 0.0488. The third kappa shape index (κ3) is 5.69. The van der Waals surface area contributed by atoms with Crippen molar-refractivity contribution in [3.63, 3.8) is 0 Å². The highest BCUT2D eigenvalue weighted by atomic mass is 32.2. The number of ketones is 1. The van der Waals surface area contributed by atoms with E-state index in [1.165, 1.54) is 38.1 Å². The first-order valence-corrected chi connectivity index (χ1v) is 10.4. The summed E-state index contributed by atoms with van der Waals surface area (Å²) in [5.74, 6) is -0.878. The molecule has 0 aliphatic carbocycles. The van der Waals surface area contributed by atoms with Crippen molar-refractivity contribution in [1.82, 2.24) is 4.90 Å². The molecule has 1 atom stereocenters. The molecule has 9 nitrogen and oxygen atoms in total. The number of hydrogen-bond donors (Lipinski definition) is 0. The van der Waals surface area contributed by atoms with Crippen LogP contribution >= 0.6 is 0 Å². The molecule has 10 heteroatoms. The Morgan fingerprint density at radius 3 is 2.46 bits per heavy atom.